The molecule has 0 bridgehead atoms. The van der Waals surface area contributed by atoms with Gasteiger partial charge in [0.25, 0.3) is 0 Å². The quantitative estimate of drug-likeness (QED) is 0.659. The Labute approximate surface area is 172 Å². The van der Waals surface area contributed by atoms with Crippen molar-refractivity contribution in [1.82, 2.24) is 29.0 Å². The van der Waals surface area contributed by atoms with E-state index in [-0.39, 0.29) is 18.6 Å². The summed E-state index contributed by atoms with van der Waals surface area (Å²) in [7, 11) is 0. The normalized spacial score (nSPS) is 21.1. The van der Waals surface area contributed by atoms with Crippen LogP contribution in [0.2, 0.25) is 0 Å². The largest absolute Gasteiger partial charge is 0.419 e. The maximum Gasteiger partial charge on any atom is 0.419 e. The molecule has 2 aromatic heterocycles. The van der Waals surface area contributed by atoms with Gasteiger partial charge in [0.15, 0.2) is 5.82 Å². The molecule has 4 rings (SSSR count). The number of halogens is 3. The second-order valence-corrected chi connectivity index (χ2v) is 7.97. The Bertz CT molecular complexity index is 908. The molecule has 2 aliphatic rings. The number of nitrogens with zero attached hydrogens (tertiary/aromatic N) is 7. The highest BCUT2D eigenvalue weighted by molar-refractivity contribution is 7.76. The fourth-order valence-electron chi connectivity index (χ4n) is 3.52. The van der Waals surface area contributed by atoms with Gasteiger partial charge in [-0.3, -0.25) is 4.55 Å². The molecule has 10 nitrogen and oxygen atoms in total. The lowest BCUT2D eigenvalue weighted by atomic mass is 10.2. The van der Waals surface area contributed by atoms with Gasteiger partial charge in [-0.15, -0.1) is 0 Å². The summed E-state index contributed by atoms with van der Waals surface area (Å²) in [6, 6.07) is -0.111. The first-order valence-electron chi connectivity index (χ1n) is 9.33. The minimum Gasteiger partial charge on any atom is -0.372 e. The predicted octanol–water partition coefficient (Wildman–Crippen LogP) is 1.22. The van der Waals surface area contributed by atoms with Crippen molar-refractivity contribution in [3.8, 4) is 0 Å². The van der Waals surface area contributed by atoms with E-state index in [2.05, 4.69) is 20.1 Å². The number of aromatic nitrogens is 5. The van der Waals surface area contributed by atoms with Gasteiger partial charge in [-0.25, -0.2) is 23.8 Å². The van der Waals surface area contributed by atoms with E-state index >= 15 is 0 Å². The Morgan fingerprint density at radius 1 is 1.23 bits per heavy atom. The Balaban J connectivity index is 1.34. The van der Waals surface area contributed by atoms with Gasteiger partial charge in [-0.1, -0.05) is 0 Å². The number of rotatable bonds is 6. The van der Waals surface area contributed by atoms with Crippen molar-refractivity contribution in [3.63, 3.8) is 0 Å². The van der Waals surface area contributed by atoms with Gasteiger partial charge in [0.1, 0.15) is 12.4 Å². The second kappa shape index (κ2) is 8.53. The lowest BCUT2D eigenvalue weighted by Crippen LogP contribution is -2.35. The first-order chi connectivity index (χ1) is 14.3. The van der Waals surface area contributed by atoms with E-state index in [1.165, 1.54) is 4.31 Å². The first-order valence-corrected chi connectivity index (χ1v) is 10.4. The maximum absolute atomic E-state index is 12.7. The van der Waals surface area contributed by atoms with Crippen LogP contribution < -0.4 is 4.90 Å². The van der Waals surface area contributed by atoms with Crippen molar-refractivity contribution in [2.75, 3.05) is 24.6 Å². The zero-order valence-corrected chi connectivity index (χ0v) is 16.6. The highest BCUT2D eigenvalue weighted by atomic mass is 32.2. The van der Waals surface area contributed by atoms with Crippen LogP contribution in [0.4, 0.5) is 19.1 Å². The van der Waals surface area contributed by atoms with Crippen molar-refractivity contribution in [3.05, 3.63) is 29.6 Å². The zero-order valence-electron chi connectivity index (χ0n) is 15.8. The molecule has 1 N–H and O–H groups in total. The van der Waals surface area contributed by atoms with E-state index in [9.17, 15) is 21.9 Å². The number of ether oxygens (including phenoxy) is 1. The van der Waals surface area contributed by atoms with Crippen molar-refractivity contribution in [2.45, 2.75) is 44.8 Å². The van der Waals surface area contributed by atoms with E-state index in [1.54, 1.807) is 9.58 Å². The molecule has 4 heterocycles. The molecule has 14 heteroatoms. The highest BCUT2D eigenvalue weighted by Gasteiger charge is 2.32. The number of fused-ring (bicyclic) bond motifs is 1. The van der Waals surface area contributed by atoms with Gasteiger partial charge in [-0.2, -0.15) is 22.6 Å². The van der Waals surface area contributed by atoms with E-state index in [4.69, 9.17) is 4.74 Å². The van der Waals surface area contributed by atoms with Crippen LogP contribution in [-0.4, -0.2) is 63.5 Å². The standard InChI is InChI=1S/C16H20F3N7O3S/c17-16(18,19)11-6-20-15(21-7-11)24-4-5-25-14(8-24)22-13(23-25)10-29-9-12-2-1-3-26(12)30(27)28/h6-7,12H,1-5,8-10H2,(H,27,28)/t12-/m1/s1. The summed E-state index contributed by atoms with van der Waals surface area (Å²) in [6.45, 7) is 2.34. The maximum atomic E-state index is 12.7. The van der Waals surface area contributed by atoms with E-state index < -0.39 is 23.0 Å². The van der Waals surface area contributed by atoms with Gasteiger partial charge in [-0.05, 0) is 12.8 Å². The van der Waals surface area contributed by atoms with Crippen molar-refractivity contribution < 1.29 is 26.7 Å². The molecule has 1 saturated heterocycles. The van der Waals surface area contributed by atoms with Gasteiger partial charge < -0.3 is 9.64 Å². The topological polar surface area (TPSA) is 110 Å². The Morgan fingerprint density at radius 3 is 2.70 bits per heavy atom. The van der Waals surface area contributed by atoms with Crippen LogP contribution >= 0.6 is 0 Å². The minimum absolute atomic E-state index is 0.111. The summed E-state index contributed by atoms with van der Waals surface area (Å²) in [5.41, 5.74) is -0.892. The molecule has 0 aliphatic carbocycles. The fraction of sp³-hybridized carbons (Fsp3) is 0.625. The van der Waals surface area contributed by atoms with Gasteiger partial charge >= 0.3 is 6.18 Å². The molecule has 2 atom stereocenters. The van der Waals surface area contributed by atoms with Crippen LogP contribution in [0.1, 0.15) is 30.1 Å². The van der Waals surface area contributed by atoms with Crippen molar-refractivity contribution >= 4 is 17.2 Å². The average Bonchev–Trinajstić information content (AvgIpc) is 3.33. The van der Waals surface area contributed by atoms with Gasteiger partial charge in [0.05, 0.1) is 25.3 Å². The smallest absolute Gasteiger partial charge is 0.372 e. The Morgan fingerprint density at radius 2 is 2.00 bits per heavy atom. The molecule has 2 aromatic rings. The summed E-state index contributed by atoms with van der Waals surface area (Å²) in [6.07, 6.45) is -1.29. The third-order valence-electron chi connectivity index (χ3n) is 5.02. The zero-order chi connectivity index (χ0) is 21.3. The molecule has 0 radical (unpaired) electrons. The summed E-state index contributed by atoms with van der Waals surface area (Å²) >= 11 is -2.00. The SMILES string of the molecule is O=S(O)N1CCC[C@@H]1COCc1nc2n(n1)CCN(c1ncc(C(F)(F)F)cn1)C2. The molecule has 0 aromatic carbocycles. The number of hydrogen-bond donors (Lipinski definition) is 1. The lowest BCUT2D eigenvalue weighted by molar-refractivity contribution is -0.138. The average molecular weight is 447 g/mol. The number of hydrogen-bond acceptors (Lipinski definition) is 7. The number of alkyl halides is 3. The fourth-order valence-corrected chi connectivity index (χ4v) is 4.22. The molecule has 2 aliphatic heterocycles. The molecule has 0 amide bonds. The van der Waals surface area contributed by atoms with Crippen LogP contribution in [0.25, 0.3) is 0 Å². The molecule has 164 valence electrons. The molecular formula is C16H20F3N7O3S. The predicted molar refractivity (Wildman–Crippen MR) is 98.3 cm³/mol. The summed E-state index contributed by atoms with van der Waals surface area (Å²) in [5, 5.41) is 4.38. The van der Waals surface area contributed by atoms with Crippen LogP contribution in [0, 0.1) is 0 Å². The minimum atomic E-state index is -4.47. The summed E-state index contributed by atoms with van der Waals surface area (Å²) in [4.78, 5) is 13.8. The number of anilines is 1. The monoisotopic (exact) mass is 447 g/mol. The molecule has 0 spiro atoms. The molecular weight excluding hydrogens is 427 g/mol. The third-order valence-corrected chi connectivity index (χ3v) is 5.90. The lowest BCUT2D eigenvalue weighted by Gasteiger charge is -2.26. The van der Waals surface area contributed by atoms with Crippen molar-refractivity contribution in [1.29, 1.82) is 0 Å². The van der Waals surface area contributed by atoms with Crippen molar-refractivity contribution in [2.24, 2.45) is 0 Å². The summed E-state index contributed by atoms with van der Waals surface area (Å²) < 4.78 is 67.4. The molecule has 30 heavy (non-hydrogen) atoms. The molecule has 0 saturated carbocycles. The first kappa shape index (κ1) is 21.1. The van der Waals surface area contributed by atoms with Crippen LogP contribution in [-0.2, 0) is 41.9 Å². The molecule has 1 unspecified atom stereocenters. The second-order valence-electron chi connectivity index (χ2n) is 7.04. The summed E-state index contributed by atoms with van der Waals surface area (Å²) in [5.74, 6) is 1.32. The van der Waals surface area contributed by atoms with E-state index in [0.717, 1.165) is 25.2 Å². The van der Waals surface area contributed by atoms with E-state index in [0.29, 0.717) is 44.4 Å². The van der Waals surface area contributed by atoms with Crippen LogP contribution in [0.5, 0.6) is 0 Å². The highest BCUT2D eigenvalue weighted by Crippen LogP contribution is 2.28. The Kier molecular flexibility index (Phi) is 5.99. The van der Waals surface area contributed by atoms with E-state index in [1.807, 2.05) is 0 Å². The van der Waals surface area contributed by atoms with Crippen LogP contribution in [0.3, 0.4) is 0 Å². The Hall–Kier alpha value is -2.16. The third kappa shape index (κ3) is 4.61. The van der Waals surface area contributed by atoms with Gasteiger partial charge in [0.2, 0.25) is 17.2 Å². The molecule has 1 fully saturated rings. The van der Waals surface area contributed by atoms with Crippen LogP contribution in [0.15, 0.2) is 12.4 Å². The van der Waals surface area contributed by atoms with Gasteiger partial charge in [0, 0.05) is 31.5 Å².